The van der Waals surface area contributed by atoms with Gasteiger partial charge in [0, 0.05) is 44.3 Å². The molecule has 7 heteroatoms. The number of piperidine rings is 1. The third kappa shape index (κ3) is 4.97. The van der Waals surface area contributed by atoms with Crippen LogP contribution in [0.2, 0.25) is 5.02 Å². The van der Waals surface area contributed by atoms with Crippen molar-refractivity contribution in [2.75, 3.05) is 52.9 Å². The number of amides is 2. The Morgan fingerprint density at radius 1 is 1.07 bits per heavy atom. The summed E-state index contributed by atoms with van der Waals surface area (Å²) in [4.78, 5) is 31.5. The Hall–Kier alpha value is -1.79. The number of halogens is 1. The summed E-state index contributed by atoms with van der Waals surface area (Å²) in [7, 11) is 1.55. The lowest BCUT2D eigenvalue weighted by Crippen LogP contribution is -2.53. The highest BCUT2D eigenvalue weighted by Gasteiger charge is 2.29. The van der Waals surface area contributed by atoms with E-state index in [0.29, 0.717) is 60.9 Å². The van der Waals surface area contributed by atoms with E-state index in [-0.39, 0.29) is 11.8 Å². The molecule has 1 aromatic carbocycles. The van der Waals surface area contributed by atoms with E-state index >= 15 is 0 Å². The summed E-state index contributed by atoms with van der Waals surface area (Å²) < 4.78 is 5.30. The molecule has 154 valence electrons. The molecule has 2 fully saturated rings. The second kappa shape index (κ2) is 9.14. The van der Waals surface area contributed by atoms with Crippen molar-refractivity contribution in [1.29, 1.82) is 0 Å². The fourth-order valence-electron chi connectivity index (χ4n) is 4.28. The van der Waals surface area contributed by atoms with Gasteiger partial charge in [-0.3, -0.25) is 14.5 Å². The van der Waals surface area contributed by atoms with Crippen LogP contribution in [0.1, 0.15) is 30.6 Å². The van der Waals surface area contributed by atoms with Gasteiger partial charge in [0.2, 0.25) is 5.91 Å². The van der Waals surface area contributed by atoms with Crippen LogP contribution in [-0.2, 0) is 4.79 Å². The number of likely N-dealkylation sites (tertiary alicyclic amines) is 1. The molecular formula is C21H30ClN3O3. The van der Waals surface area contributed by atoms with Crippen LogP contribution >= 0.6 is 11.6 Å². The third-order valence-electron chi connectivity index (χ3n) is 5.63. The summed E-state index contributed by atoms with van der Waals surface area (Å²) in [5.74, 6) is 1.78. The molecule has 0 bridgehead atoms. The third-order valence-corrected chi connectivity index (χ3v) is 5.87. The molecule has 2 atom stereocenters. The van der Waals surface area contributed by atoms with Gasteiger partial charge in [0.05, 0.1) is 19.2 Å². The monoisotopic (exact) mass is 407 g/mol. The van der Waals surface area contributed by atoms with E-state index in [0.717, 1.165) is 13.1 Å². The molecule has 0 radical (unpaired) electrons. The molecule has 2 aliphatic rings. The summed E-state index contributed by atoms with van der Waals surface area (Å²) in [5, 5.41) is 0.512. The lowest BCUT2D eigenvalue weighted by Gasteiger charge is -2.38. The number of nitrogens with zero attached hydrogens (tertiary/aromatic N) is 3. The molecule has 28 heavy (non-hydrogen) atoms. The second-order valence-electron chi connectivity index (χ2n) is 8.16. The Bertz CT molecular complexity index is 709. The Morgan fingerprint density at radius 3 is 2.32 bits per heavy atom. The van der Waals surface area contributed by atoms with Crippen molar-refractivity contribution in [2.24, 2.45) is 11.8 Å². The first kappa shape index (κ1) is 20.9. The number of piperazine rings is 1. The summed E-state index contributed by atoms with van der Waals surface area (Å²) >= 11 is 6.05. The number of rotatable bonds is 4. The number of carbonyl (C=O) groups excluding carboxylic acids is 2. The van der Waals surface area contributed by atoms with E-state index < -0.39 is 0 Å². The van der Waals surface area contributed by atoms with Gasteiger partial charge in [0.1, 0.15) is 5.75 Å². The van der Waals surface area contributed by atoms with Crippen LogP contribution in [0.15, 0.2) is 18.2 Å². The minimum atomic E-state index is -0.0796. The van der Waals surface area contributed by atoms with Crippen LogP contribution in [0.3, 0.4) is 0 Å². The number of methoxy groups -OCH3 is 1. The molecule has 0 saturated carbocycles. The average molecular weight is 408 g/mol. The highest BCUT2D eigenvalue weighted by molar-refractivity contribution is 6.31. The first-order valence-corrected chi connectivity index (χ1v) is 10.4. The van der Waals surface area contributed by atoms with Crippen LogP contribution in [0.25, 0.3) is 0 Å². The Balaban J connectivity index is 1.54. The maximum absolute atomic E-state index is 12.9. The van der Waals surface area contributed by atoms with Crippen molar-refractivity contribution >= 4 is 23.4 Å². The van der Waals surface area contributed by atoms with E-state index in [1.165, 1.54) is 6.42 Å². The van der Waals surface area contributed by atoms with Crippen LogP contribution in [0, 0.1) is 11.8 Å². The molecule has 0 aromatic heterocycles. The van der Waals surface area contributed by atoms with Crippen molar-refractivity contribution in [1.82, 2.24) is 14.7 Å². The highest BCUT2D eigenvalue weighted by atomic mass is 35.5. The van der Waals surface area contributed by atoms with Crippen molar-refractivity contribution in [2.45, 2.75) is 20.3 Å². The van der Waals surface area contributed by atoms with Crippen LogP contribution < -0.4 is 4.74 Å². The number of carbonyl (C=O) groups is 2. The minimum absolute atomic E-state index is 0.0796. The minimum Gasteiger partial charge on any atom is -0.496 e. The predicted octanol–water partition coefficient (Wildman–Crippen LogP) is 2.61. The number of hydrogen-bond acceptors (Lipinski definition) is 4. The Kier molecular flexibility index (Phi) is 6.83. The maximum atomic E-state index is 12.9. The van der Waals surface area contributed by atoms with E-state index in [2.05, 4.69) is 18.7 Å². The molecule has 2 amide bonds. The fourth-order valence-corrected chi connectivity index (χ4v) is 4.46. The Morgan fingerprint density at radius 2 is 1.71 bits per heavy atom. The molecule has 0 N–H and O–H groups in total. The van der Waals surface area contributed by atoms with Crippen LogP contribution in [0.5, 0.6) is 5.75 Å². The number of ether oxygens (including phenoxy) is 1. The summed E-state index contributed by atoms with van der Waals surface area (Å²) in [6, 6.07) is 5.07. The molecule has 2 aliphatic heterocycles. The van der Waals surface area contributed by atoms with Gasteiger partial charge in [-0.25, -0.2) is 0 Å². The first-order valence-electron chi connectivity index (χ1n) is 10.00. The zero-order chi connectivity index (χ0) is 20.3. The molecule has 3 rings (SSSR count). The molecular weight excluding hydrogens is 378 g/mol. The van der Waals surface area contributed by atoms with Gasteiger partial charge in [0.25, 0.3) is 5.91 Å². The van der Waals surface area contributed by atoms with Gasteiger partial charge >= 0.3 is 0 Å². The molecule has 0 spiro atoms. The summed E-state index contributed by atoms with van der Waals surface area (Å²) in [6.45, 7) is 9.14. The topological polar surface area (TPSA) is 53.1 Å². The van der Waals surface area contributed by atoms with Gasteiger partial charge in [-0.1, -0.05) is 25.4 Å². The quantitative estimate of drug-likeness (QED) is 0.769. The van der Waals surface area contributed by atoms with Gasteiger partial charge in [-0.2, -0.15) is 0 Å². The second-order valence-corrected chi connectivity index (χ2v) is 8.59. The highest BCUT2D eigenvalue weighted by Crippen LogP contribution is 2.25. The summed E-state index contributed by atoms with van der Waals surface area (Å²) in [6.07, 6.45) is 1.19. The van der Waals surface area contributed by atoms with Crippen LogP contribution in [0.4, 0.5) is 0 Å². The molecule has 2 saturated heterocycles. The van der Waals surface area contributed by atoms with Gasteiger partial charge in [-0.05, 0) is 36.5 Å². The molecule has 6 nitrogen and oxygen atoms in total. The molecule has 2 heterocycles. The van der Waals surface area contributed by atoms with E-state index in [9.17, 15) is 9.59 Å². The van der Waals surface area contributed by atoms with Crippen LogP contribution in [-0.4, -0.2) is 79.4 Å². The zero-order valence-corrected chi connectivity index (χ0v) is 17.7. The lowest BCUT2D eigenvalue weighted by atomic mass is 9.92. The van der Waals surface area contributed by atoms with Gasteiger partial charge in [0.15, 0.2) is 0 Å². The van der Waals surface area contributed by atoms with Gasteiger partial charge < -0.3 is 14.5 Å². The standard InChI is InChI=1S/C21H30ClN3O3/c1-15-10-16(2)13-25(12-15)20(26)14-23-6-8-24(9-7-23)21(27)18-11-17(22)4-5-19(18)28-3/h4-5,11,15-16H,6-10,12-14H2,1-3H3. The van der Waals surface area contributed by atoms with E-state index in [1.807, 2.05) is 4.90 Å². The van der Waals surface area contributed by atoms with Crippen molar-refractivity contribution in [3.63, 3.8) is 0 Å². The predicted molar refractivity (Wildman–Crippen MR) is 110 cm³/mol. The first-order chi connectivity index (χ1) is 13.4. The number of hydrogen-bond donors (Lipinski definition) is 0. The SMILES string of the molecule is COc1ccc(Cl)cc1C(=O)N1CCN(CC(=O)N2CC(C)CC(C)C2)CC1. The smallest absolute Gasteiger partial charge is 0.257 e. The van der Waals surface area contributed by atoms with Gasteiger partial charge in [-0.15, -0.1) is 0 Å². The van der Waals surface area contributed by atoms with Crippen molar-refractivity contribution in [3.05, 3.63) is 28.8 Å². The van der Waals surface area contributed by atoms with E-state index in [1.54, 1.807) is 30.2 Å². The zero-order valence-electron chi connectivity index (χ0n) is 17.0. The molecule has 2 unspecified atom stereocenters. The Labute approximate surface area is 172 Å². The van der Waals surface area contributed by atoms with Crippen molar-refractivity contribution in [3.8, 4) is 5.75 Å². The fraction of sp³-hybridized carbons (Fsp3) is 0.619. The van der Waals surface area contributed by atoms with E-state index in [4.69, 9.17) is 16.3 Å². The lowest BCUT2D eigenvalue weighted by molar-refractivity contribution is -0.135. The number of benzene rings is 1. The maximum Gasteiger partial charge on any atom is 0.257 e. The molecule has 0 aliphatic carbocycles. The van der Waals surface area contributed by atoms with Crippen molar-refractivity contribution < 1.29 is 14.3 Å². The summed E-state index contributed by atoms with van der Waals surface area (Å²) in [5.41, 5.74) is 0.482. The largest absolute Gasteiger partial charge is 0.496 e. The normalized spacial score (nSPS) is 23.6. The average Bonchev–Trinajstić information content (AvgIpc) is 2.67. The molecule has 1 aromatic rings.